The van der Waals surface area contributed by atoms with Crippen LogP contribution in [-0.2, 0) is 11.3 Å². The highest BCUT2D eigenvalue weighted by Crippen LogP contribution is 2.23. The smallest absolute Gasteiger partial charge is 0.287 e. The van der Waals surface area contributed by atoms with E-state index in [9.17, 15) is 9.59 Å². The molecule has 4 rings (SSSR count). The van der Waals surface area contributed by atoms with Gasteiger partial charge in [0.2, 0.25) is 5.91 Å². The van der Waals surface area contributed by atoms with Crippen molar-refractivity contribution >= 4 is 40.1 Å². The molecular weight excluding hydrogens is 404 g/mol. The molecule has 1 unspecified atom stereocenters. The average Bonchev–Trinajstić information content (AvgIpc) is 3.39. The molecule has 0 spiro atoms. The van der Waals surface area contributed by atoms with E-state index in [2.05, 4.69) is 15.6 Å². The highest BCUT2D eigenvalue weighted by atomic mass is 35.5. The van der Waals surface area contributed by atoms with Gasteiger partial charge >= 0.3 is 0 Å². The quantitative estimate of drug-likeness (QED) is 0.481. The Morgan fingerprint density at radius 1 is 1.10 bits per heavy atom. The summed E-state index contributed by atoms with van der Waals surface area (Å²) in [6.07, 6.45) is 1.44. The molecule has 0 aliphatic heterocycles. The summed E-state index contributed by atoms with van der Waals surface area (Å²) in [4.78, 5) is 29.8. The number of anilines is 1. The topological polar surface area (TPSA) is 89.2 Å². The average molecular weight is 423 g/mol. The molecule has 2 aromatic carbocycles. The van der Waals surface area contributed by atoms with Gasteiger partial charge in [0.15, 0.2) is 5.76 Å². The Bertz CT molecular complexity index is 1200. The fraction of sp³-hybridized carbons (Fsp3) is 0.136. The van der Waals surface area contributed by atoms with Gasteiger partial charge in [-0.3, -0.25) is 9.59 Å². The van der Waals surface area contributed by atoms with Crippen molar-refractivity contribution in [2.24, 2.45) is 0 Å². The van der Waals surface area contributed by atoms with Crippen LogP contribution in [0, 0.1) is 0 Å². The lowest BCUT2D eigenvalue weighted by atomic mass is 10.2. The van der Waals surface area contributed by atoms with Crippen molar-refractivity contribution in [3.63, 3.8) is 0 Å². The number of carbonyl (C=O) groups is 2. The van der Waals surface area contributed by atoms with Gasteiger partial charge in [0.05, 0.1) is 34.0 Å². The van der Waals surface area contributed by atoms with Crippen LogP contribution in [0.4, 0.5) is 5.69 Å². The van der Waals surface area contributed by atoms with Crippen molar-refractivity contribution in [2.45, 2.75) is 19.5 Å². The lowest BCUT2D eigenvalue weighted by Crippen LogP contribution is -2.29. The van der Waals surface area contributed by atoms with Crippen LogP contribution >= 0.6 is 11.6 Å². The standard InChI is InChI=1S/C22H19ClN4O3/c1-14(24-22(29)19-11-6-12-30-19)21-26-17-9-4-5-10-18(17)27(21)13-20(28)25-16-8-3-2-7-15(16)23/h2-12,14H,13H2,1H3,(H,24,29)(H,25,28). The number of benzene rings is 2. The molecule has 0 saturated carbocycles. The Hall–Kier alpha value is -3.58. The molecule has 30 heavy (non-hydrogen) atoms. The third kappa shape index (κ3) is 4.06. The zero-order valence-corrected chi connectivity index (χ0v) is 16.9. The first-order valence-electron chi connectivity index (χ1n) is 9.37. The molecule has 0 bridgehead atoms. The Labute approximate surface area is 177 Å². The summed E-state index contributed by atoms with van der Waals surface area (Å²) in [5.41, 5.74) is 2.06. The third-order valence-electron chi connectivity index (χ3n) is 4.61. The van der Waals surface area contributed by atoms with Gasteiger partial charge in [-0.2, -0.15) is 0 Å². The van der Waals surface area contributed by atoms with Crippen molar-refractivity contribution < 1.29 is 14.0 Å². The van der Waals surface area contributed by atoms with Crippen LogP contribution in [0.1, 0.15) is 29.3 Å². The maximum atomic E-state index is 12.7. The Kier molecular flexibility index (Phi) is 5.54. The van der Waals surface area contributed by atoms with Crippen LogP contribution in [0.3, 0.4) is 0 Å². The van der Waals surface area contributed by atoms with Crippen molar-refractivity contribution in [1.82, 2.24) is 14.9 Å². The molecule has 2 heterocycles. The van der Waals surface area contributed by atoms with E-state index in [4.69, 9.17) is 16.0 Å². The summed E-state index contributed by atoms with van der Waals surface area (Å²) >= 11 is 6.14. The Morgan fingerprint density at radius 2 is 1.87 bits per heavy atom. The first kappa shape index (κ1) is 19.7. The van der Waals surface area contributed by atoms with Gasteiger partial charge < -0.3 is 19.6 Å². The van der Waals surface area contributed by atoms with Crippen LogP contribution in [0.15, 0.2) is 71.3 Å². The zero-order valence-electron chi connectivity index (χ0n) is 16.1. The summed E-state index contributed by atoms with van der Waals surface area (Å²) in [5.74, 6) is 0.162. The number of nitrogens with zero attached hydrogens (tertiary/aromatic N) is 2. The second kappa shape index (κ2) is 8.42. The van der Waals surface area contributed by atoms with E-state index in [1.165, 1.54) is 6.26 Å². The fourth-order valence-electron chi connectivity index (χ4n) is 3.23. The van der Waals surface area contributed by atoms with Crippen LogP contribution in [0.2, 0.25) is 5.02 Å². The fourth-order valence-corrected chi connectivity index (χ4v) is 3.41. The Morgan fingerprint density at radius 3 is 2.63 bits per heavy atom. The number of carbonyl (C=O) groups excluding carboxylic acids is 2. The maximum Gasteiger partial charge on any atom is 0.287 e. The van der Waals surface area contributed by atoms with Crippen LogP contribution in [0.25, 0.3) is 11.0 Å². The molecule has 2 N–H and O–H groups in total. The van der Waals surface area contributed by atoms with Crippen LogP contribution < -0.4 is 10.6 Å². The minimum atomic E-state index is -0.455. The van der Waals surface area contributed by atoms with E-state index in [1.54, 1.807) is 41.0 Å². The molecule has 2 aromatic heterocycles. The number of hydrogen-bond acceptors (Lipinski definition) is 4. The molecule has 0 aliphatic rings. The molecule has 152 valence electrons. The van der Waals surface area contributed by atoms with Gasteiger partial charge in [-0.25, -0.2) is 4.98 Å². The molecule has 2 amide bonds. The second-order valence-corrected chi connectivity index (χ2v) is 7.15. The molecule has 4 aromatic rings. The summed E-state index contributed by atoms with van der Waals surface area (Å²) < 4.78 is 6.93. The van der Waals surface area contributed by atoms with E-state index in [-0.39, 0.29) is 24.1 Å². The van der Waals surface area contributed by atoms with Crippen LogP contribution in [0.5, 0.6) is 0 Å². The van der Waals surface area contributed by atoms with E-state index < -0.39 is 6.04 Å². The van der Waals surface area contributed by atoms with E-state index in [0.717, 1.165) is 11.0 Å². The zero-order chi connectivity index (χ0) is 21.1. The lowest BCUT2D eigenvalue weighted by molar-refractivity contribution is -0.116. The Balaban J connectivity index is 1.61. The lowest BCUT2D eigenvalue weighted by Gasteiger charge is -2.16. The summed E-state index contributed by atoms with van der Waals surface area (Å²) in [6, 6.07) is 17.3. The number of aromatic nitrogens is 2. The van der Waals surface area contributed by atoms with E-state index in [1.807, 2.05) is 31.2 Å². The minimum Gasteiger partial charge on any atom is -0.459 e. The van der Waals surface area contributed by atoms with Gasteiger partial charge in [-0.15, -0.1) is 0 Å². The van der Waals surface area contributed by atoms with Gasteiger partial charge in [-0.05, 0) is 43.3 Å². The van der Waals surface area contributed by atoms with Crippen molar-refractivity contribution in [2.75, 3.05) is 5.32 Å². The molecule has 0 fully saturated rings. The number of fused-ring (bicyclic) bond motifs is 1. The van der Waals surface area contributed by atoms with Gasteiger partial charge in [-0.1, -0.05) is 35.9 Å². The maximum absolute atomic E-state index is 12.7. The number of nitrogens with one attached hydrogen (secondary N) is 2. The van der Waals surface area contributed by atoms with Gasteiger partial charge in [0.1, 0.15) is 12.4 Å². The third-order valence-corrected chi connectivity index (χ3v) is 4.94. The molecule has 0 saturated heterocycles. The first-order valence-corrected chi connectivity index (χ1v) is 9.74. The molecule has 0 radical (unpaired) electrons. The summed E-state index contributed by atoms with van der Waals surface area (Å²) in [7, 11) is 0. The highest BCUT2D eigenvalue weighted by molar-refractivity contribution is 6.33. The number of para-hydroxylation sites is 3. The minimum absolute atomic E-state index is 0.0159. The molecule has 1 atom stereocenters. The van der Waals surface area contributed by atoms with Crippen molar-refractivity contribution in [3.05, 3.63) is 83.5 Å². The number of imidazole rings is 1. The number of hydrogen-bond donors (Lipinski definition) is 2. The summed E-state index contributed by atoms with van der Waals surface area (Å²) in [6.45, 7) is 1.83. The number of furan rings is 1. The number of amides is 2. The van der Waals surface area contributed by atoms with Crippen molar-refractivity contribution in [3.8, 4) is 0 Å². The van der Waals surface area contributed by atoms with Crippen molar-refractivity contribution in [1.29, 1.82) is 0 Å². The molecular formula is C22H19ClN4O3. The molecule has 0 aliphatic carbocycles. The molecule has 7 nitrogen and oxygen atoms in total. The van der Waals surface area contributed by atoms with E-state index in [0.29, 0.717) is 16.5 Å². The monoisotopic (exact) mass is 422 g/mol. The predicted octanol–water partition coefficient (Wildman–Crippen LogP) is 4.41. The van der Waals surface area contributed by atoms with Gasteiger partial charge in [0.25, 0.3) is 5.91 Å². The second-order valence-electron chi connectivity index (χ2n) is 6.75. The predicted molar refractivity (Wildman–Crippen MR) is 114 cm³/mol. The normalized spacial score (nSPS) is 11.9. The largest absolute Gasteiger partial charge is 0.459 e. The first-order chi connectivity index (χ1) is 14.5. The van der Waals surface area contributed by atoms with E-state index >= 15 is 0 Å². The summed E-state index contributed by atoms with van der Waals surface area (Å²) in [5, 5.41) is 6.14. The number of halogens is 1. The number of rotatable bonds is 6. The highest BCUT2D eigenvalue weighted by Gasteiger charge is 2.21. The van der Waals surface area contributed by atoms with Crippen LogP contribution in [-0.4, -0.2) is 21.4 Å². The SMILES string of the molecule is CC(NC(=O)c1ccco1)c1nc2ccccc2n1CC(=O)Nc1ccccc1Cl. The molecule has 8 heteroatoms. The van der Waals surface area contributed by atoms with Gasteiger partial charge in [0, 0.05) is 0 Å².